The maximum absolute atomic E-state index is 10.0. The molecule has 4 nitrogen and oxygen atoms in total. The van der Waals surface area contributed by atoms with Crippen LogP contribution in [0.25, 0.3) is 0 Å². The average molecular weight is 232 g/mol. The van der Waals surface area contributed by atoms with E-state index in [1.807, 2.05) is 18.2 Å². The van der Waals surface area contributed by atoms with E-state index >= 15 is 0 Å². The summed E-state index contributed by atoms with van der Waals surface area (Å²) >= 11 is 0. The van der Waals surface area contributed by atoms with Crippen molar-refractivity contribution in [2.45, 2.75) is 18.6 Å². The van der Waals surface area contributed by atoms with E-state index in [9.17, 15) is 5.11 Å². The van der Waals surface area contributed by atoms with Crippen molar-refractivity contribution in [3.63, 3.8) is 0 Å². The molecule has 1 aliphatic rings. The van der Waals surface area contributed by atoms with Crippen molar-refractivity contribution < 1.29 is 9.84 Å². The van der Waals surface area contributed by atoms with Crippen LogP contribution in [-0.4, -0.2) is 30.5 Å². The lowest BCUT2D eigenvalue weighted by molar-refractivity contribution is 0.0268. The smallest absolute Gasteiger partial charge is 0.102 e. The molecule has 17 heavy (non-hydrogen) atoms. The van der Waals surface area contributed by atoms with Gasteiger partial charge in [-0.2, -0.15) is 5.26 Å². The number of nitrogens with one attached hydrogen (secondary N) is 1. The monoisotopic (exact) mass is 232 g/mol. The molecule has 1 aromatic rings. The van der Waals surface area contributed by atoms with Crippen LogP contribution in [0.3, 0.4) is 0 Å². The van der Waals surface area contributed by atoms with Crippen LogP contribution in [0.1, 0.15) is 17.5 Å². The van der Waals surface area contributed by atoms with Gasteiger partial charge in [0.05, 0.1) is 18.2 Å². The first-order valence-corrected chi connectivity index (χ1v) is 5.72. The van der Waals surface area contributed by atoms with Crippen molar-refractivity contribution in [3.05, 3.63) is 35.4 Å². The van der Waals surface area contributed by atoms with Crippen molar-refractivity contribution in [2.75, 3.05) is 19.8 Å². The fourth-order valence-electron chi connectivity index (χ4n) is 1.93. The molecule has 1 unspecified atom stereocenters. The zero-order valence-corrected chi connectivity index (χ0v) is 9.65. The summed E-state index contributed by atoms with van der Waals surface area (Å²) < 4.78 is 5.17. The van der Waals surface area contributed by atoms with Crippen LogP contribution in [0.2, 0.25) is 0 Å². The number of nitriles is 1. The van der Waals surface area contributed by atoms with Crippen LogP contribution >= 0.6 is 0 Å². The number of ether oxygens (including phenoxy) is 1. The number of aliphatic hydroxyl groups is 1. The molecule has 1 aromatic carbocycles. The molecule has 1 aliphatic heterocycles. The number of rotatable bonds is 4. The molecular weight excluding hydrogens is 216 g/mol. The molecule has 1 heterocycles. The Balaban J connectivity index is 1.83. The predicted molar refractivity (Wildman–Crippen MR) is 63.2 cm³/mol. The van der Waals surface area contributed by atoms with Gasteiger partial charge >= 0.3 is 0 Å². The van der Waals surface area contributed by atoms with E-state index in [1.165, 1.54) is 0 Å². The molecule has 0 bridgehead atoms. The molecule has 1 atom stereocenters. The summed E-state index contributed by atoms with van der Waals surface area (Å²) in [5.74, 6) is 0. The summed E-state index contributed by atoms with van der Waals surface area (Å²) in [5.41, 5.74) is 0.978. The van der Waals surface area contributed by atoms with Gasteiger partial charge in [-0.3, -0.25) is 0 Å². The Hall–Kier alpha value is -1.41. The van der Waals surface area contributed by atoms with Crippen molar-refractivity contribution in [3.8, 4) is 6.07 Å². The lowest BCUT2D eigenvalue weighted by Crippen LogP contribution is -2.40. The highest BCUT2D eigenvalue weighted by atomic mass is 16.5. The lowest BCUT2D eigenvalue weighted by atomic mass is 10.0. The Morgan fingerprint density at radius 1 is 1.53 bits per heavy atom. The van der Waals surface area contributed by atoms with Crippen LogP contribution in [-0.2, 0) is 11.3 Å². The van der Waals surface area contributed by atoms with Crippen molar-refractivity contribution in [1.82, 2.24) is 5.32 Å². The van der Waals surface area contributed by atoms with Gasteiger partial charge in [-0.1, -0.05) is 12.1 Å². The summed E-state index contributed by atoms with van der Waals surface area (Å²) in [5, 5.41) is 22.0. The molecule has 90 valence electrons. The quantitative estimate of drug-likeness (QED) is 0.806. The minimum atomic E-state index is -0.729. The molecule has 4 heteroatoms. The molecule has 2 N–H and O–H groups in total. The van der Waals surface area contributed by atoms with E-state index < -0.39 is 5.60 Å². The summed E-state index contributed by atoms with van der Waals surface area (Å²) in [6.45, 7) is 2.20. The number of nitrogens with zero attached hydrogens (tertiary/aromatic N) is 1. The fraction of sp³-hybridized carbons (Fsp3) is 0.462. The lowest BCUT2D eigenvalue weighted by Gasteiger charge is -2.20. The van der Waals surface area contributed by atoms with Gasteiger partial charge in [-0.05, 0) is 17.7 Å². The number of hydrogen-bond donors (Lipinski definition) is 2. The molecular formula is C13H16N2O2. The summed E-state index contributed by atoms with van der Waals surface area (Å²) in [6, 6.07) is 9.56. The highest BCUT2D eigenvalue weighted by Gasteiger charge is 2.31. The maximum Gasteiger partial charge on any atom is 0.102 e. The zero-order valence-electron chi connectivity index (χ0n) is 9.65. The first-order valence-electron chi connectivity index (χ1n) is 5.72. The van der Waals surface area contributed by atoms with Crippen molar-refractivity contribution in [1.29, 1.82) is 5.26 Å². The Kier molecular flexibility index (Phi) is 3.75. The first-order chi connectivity index (χ1) is 8.22. The van der Waals surface area contributed by atoms with E-state index in [4.69, 9.17) is 10.00 Å². The summed E-state index contributed by atoms with van der Waals surface area (Å²) in [4.78, 5) is 0. The van der Waals surface area contributed by atoms with Gasteiger partial charge in [-0.25, -0.2) is 0 Å². The predicted octanol–water partition coefficient (Wildman–Crippen LogP) is 0.799. The van der Waals surface area contributed by atoms with Crippen LogP contribution in [0.4, 0.5) is 0 Å². The normalized spacial score (nSPS) is 23.5. The highest BCUT2D eigenvalue weighted by molar-refractivity contribution is 5.32. The van der Waals surface area contributed by atoms with E-state index in [1.54, 1.807) is 6.07 Å². The maximum atomic E-state index is 10.0. The van der Waals surface area contributed by atoms with E-state index in [0.29, 0.717) is 38.3 Å². The molecule has 2 rings (SSSR count). The van der Waals surface area contributed by atoms with E-state index in [0.717, 1.165) is 5.56 Å². The minimum absolute atomic E-state index is 0.401. The van der Waals surface area contributed by atoms with Gasteiger partial charge < -0.3 is 15.2 Å². The average Bonchev–Trinajstić information content (AvgIpc) is 2.77. The highest BCUT2D eigenvalue weighted by Crippen LogP contribution is 2.17. The Bertz CT molecular complexity index is 420. The molecule has 0 amide bonds. The standard InChI is InChI=1S/C13H16N2O2/c14-7-11-2-1-3-12(6-11)8-15-9-13(16)4-5-17-10-13/h1-3,6,15-16H,4-5,8-10H2. The third-order valence-corrected chi connectivity index (χ3v) is 2.92. The van der Waals surface area contributed by atoms with Gasteiger partial charge in [0, 0.05) is 26.1 Å². The van der Waals surface area contributed by atoms with Gasteiger partial charge in [-0.15, -0.1) is 0 Å². The largest absolute Gasteiger partial charge is 0.386 e. The van der Waals surface area contributed by atoms with Crippen molar-refractivity contribution >= 4 is 0 Å². The second-order valence-corrected chi connectivity index (χ2v) is 4.44. The Morgan fingerprint density at radius 2 is 2.41 bits per heavy atom. The summed E-state index contributed by atoms with van der Waals surface area (Å²) in [6.07, 6.45) is 0.679. The van der Waals surface area contributed by atoms with Crippen LogP contribution in [0, 0.1) is 11.3 Å². The molecule has 0 saturated carbocycles. The third kappa shape index (κ3) is 3.27. The van der Waals surface area contributed by atoms with E-state index in [-0.39, 0.29) is 0 Å². The van der Waals surface area contributed by atoms with Gasteiger partial charge in [0.1, 0.15) is 5.60 Å². The number of benzene rings is 1. The van der Waals surface area contributed by atoms with E-state index in [2.05, 4.69) is 11.4 Å². The van der Waals surface area contributed by atoms with Crippen LogP contribution in [0.5, 0.6) is 0 Å². The molecule has 1 saturated heterocycles. The SMILES string of the molecule is N#Cc1cccc(CNCC2(O)CCOC2)c1. The molecule has 0 aliphatic carbocycles. The molecule has 1 fully saturated rings. The molecule has 0 spiro atoms. The minimum Gasteiger partial charge on any atom is -0.386 e. The first kappa shape index (κ1) is 12.1. The van der Waals surface area contributed by atoms with Gasteiger partial charge in [0.15, 0.2) is 0 Å². The topological polar surface area (TPSA) is 65.3 Å². The van der Waals surface area contributed by atoms with Gasteiger partial charge in [0.2, 0.25) is 0 Å². The molecule has 0 aromatic heterocycles. The second kappa shape index (κ2) is 5.28. The second-order valence-electron chi connectivity index (χ2n) is 4.44. The van der Waals surface area contributed by atoms with Crippen molar-refractivity contribution in [2.24, 2.45) is 0 Å². The Labute approximate surface area is 101 Å². The number of hydrogen-bond acceptors (Lipinski definition) is 4. The fourth-order valence-corrected chi connectivity index (χ4v) is 1.93. The van der Waals surface area contributed by atoms with Gasteiger partial charge in [0.25, 0.3) is 0 Å². The molecule has 0 radical (unpaired) electrons. The zero-order chi connectivity index (χ0) is 12.1. The van der Waals surface area contributed by atoms with Crippen LogP contribution in [0.15, 0.2) is 24.3 Å². The summed E-state index contributed by atoms with van der Waals surface area (Å²) in [7, 11) is 0. The third-order valence-electron chi connectivity index (χ3n) is 2.92. The Morgan fingerprint density at radius 3 is 3.12 bits per heavy atom. The van der Waals surface area contributed by atoms with Crippen LogP contribution < -0.4 is 5.32 Å².